The molecule has 1 aliphatic rings. The van der Waals surface area contributed by atoms with Crippen molar-refractivity contribution in [2.75, 3.05) is 5.32 Å². The number of rotatable bonds is 5. The summed E-state index contributed by atoms with van der Waals surface area (Å²) in [6.07, 6.45) is 2.14. The molecule has 0 saturated heterocycles. The van der Waals surface area contributed by atoms with Gasteiger partial charge in [0, 0.05) is 0 Å². The van der Waals surface area contributed by atoms with Crippen LogP contribution in [0.3, 0.4) is 0 Å². The SMILES string of the molecule is CC(Sc1nnnn1C1CC1)C(=O)Nc1cc(Cl)c(Cl)cc1Cl. The van der Waals surface area contributed by atoms with E-state index in [9.17, 15) is 4.79 Å². The molecule has 0 radical (unpaired) electrons. The Morgan fingerprint density at radius 2 is 2.00 bits per heavy atom. The van der Waals surface area contributed by atoms with Crippen LogP contribution in [0, 0.1) is 0 Å². The Balaban J connectivity index is 1.68. The Hall–Kier alpha value is -1.02. The van der Waals surface area contributed by atoms with Gasteiger partial charge in [-0.1, -0.05) is 46.6 Å². The molecule has 1 fully saturated rings. The lowest BCUT2D eigenvalue weighted by Gasteiger charge is -2.13. The molecule has 122 valence electrons. The highest BCUT2D eigenvalue weighted by Crippen LogP contribution is 2.37. The van der Waals surface area contributed by atoms with E-state index in [-0.39, 0.29) is 5.91 Å². The molecule has 0 aliphatic heterocycles. The van der Waals surface area contributed by atoms with Crippen LogP contribution in [0.4, 0.5) is 5.69 Å². The van der Waals surface area contributed by atoms with E-state index < -0.39 is 5.25 Å². The van der Waals surface area contributed by atoms with Gasteiger partial charge in [-0.25, -0.2) is 4.68 Å². The summed E-state index contributed by atoms with van der Waals surface area (Å²) in [5, 5.41) is 15.6. The van der Waals surface area contributed by atoms with E-state index in [1.165, 1.54) is 23.9 Å². The number of tetrazole rings is 1. The summed E-state index contributed by atoms with van der Waals surface area (Å²) in [6, 6.07) is 3.37. The second kappa shape index (κ2) is 6.84. The summed E-state index contributed by atoms with van der Waals surface area (Å²) < 4.78 is 1.76. The predicted molar refractivity (Wildman–Crippen MR) is 91.5 cm³/mol. The van der Waals surface area contributed by atoms with Crippen LogP contribution in [0.25, 0.3) is 0 Å². The van der Waals surface area contributed by atoms with Crippen molar-refractivity contribution in [2.24, 2.45) is 0 Å². The van der Waals surface area contributed by atoms with Gasteiger partial charge >= 0.3 is 0 Å². The Morgan fingerprint density at radius 1 is 1.30 bits per heavy atom. The number of anilines is 1. The highest BCUT2D eigenvalue weighted by atomic mass is 35.5. The standard InChI is InChI=1S/C13H12Cl3N5OS/c1-6(23-13-18-19-20-21(13)7-2-3-7)12(22)17-11-5-9(15)8(14)4-10(11)16/h4-7H,2-3H2,1H3,(H,17,22). The summed E-state index contributed by atoms with van der Waals surface area (Å²) in [5.41, 5.74) is 0.417. The molecule has 3 rings (SSSR count). The number of thioether (sulfide) groups is 1. The number of nitrogens with one attached hydrogen (secondary N) is 1. The third-order valence-electron chi connectivity index (χ3n) is 3.27. The molecule has 1 N–H and O–H groups in total. The maximum absolute atomic E-state index is 12.3. The van der Waals surface area contributed by atoms with Crippen LogP contribution in [-0.2, 0) is 4.79 Å². The molecular formula is C13H12Cl3N5OS. The van der Waals surface area contributed by atoms with Gasteiger partial charge in [0.15, 0.2) is 0 Å². The fraction of sp³-hybridized carbons (Fsp3) is 0.385. The molecule has 1 heterocycles. The number of hydrogen-bond donors (Lipinski definition) is 1. The fourth-order valence-corrected chi connectivity index (χ4v) is 3.33. The van der Waals surface area contributed by atoms with Crippen molar-refractivity contribution in [3.05, 3.63) is 27.2 Å². The summed E-state index contributed by atoms with van der Waals surface area (Å²) in [6.45, 7) is 1.78. The second-order valence-corrected chi connectivity index (χ2v) is 7.66. The van der Waals surface area contributed by atoms with Crippen molar-refractivity contribution in [1.29, 1.82) is 0 Å². The van der Waals surface area contributed by atoms with E-state index in [2.05, 4.69) is 20.8 Å². The van der Waals surface area contributed by atoms with Gasteiger partial charge in [-0.15, -0.1) is 5.10 Å². The van der Waals surface area contributed by atoms with Crippen molar-refractivity contribution in [1.82, 2.24) is 20.2 Å². The first-order valence-corrected chi connectivity index (χ1v) is 8.87. The van der Waals surface area contributed by atoms with Crippen LogP contribution < -0.4 is 5.32 Å². The molecule has 23 heavy (non-hydrogen) atoms. The van der Waals surface area contributed by atoms with Gasteiger partial charge < -0.3 is 5.32 Å². The topological polar surface area (TPSA) is 72.7 Å². The summed E-state index contributed by atoms with van der Waals surface area (Å²) in [4.78, 5) is 12.3. The van der Waals surface area contributed by atoms with Gasteiger partial charge in [0.1, 0.15) is 0 Å². The zero-order valence-corrected chi connectivity index (χ0v) is 15.0. The first kappa shape index (κ1) is 16.8. The Bertz CT molecular complexity index is 749. The van der Waals surface area contributed by atoms with Crippen LogP contribution in [0.2, 0.25) is 15.1 Å². The van der Waals surface area contributed by atoms with E-state index in [1.807, 2.05) is 0 Å². The van der Waals surface area contributed by atoms with Crippen LogP contribution in [0.5, 0.6) is 0 Å². The first-order valence-electron chi connectivity index (χ1n) is 6.85. The molecule has 6 nitrogen and oxygen atoms in total. The Morgan fingerprint density at radius 3 is 2.70 bits per heavy atom. The normalized spacial score (nSPS) is 15.5. The molecule has 1 saturated carbocycles. The molecule has 0 bridgehead atoms. The zero-order chi connectivity index (χ0) is 16.6. The average Bonchev–Trinajstić information content (AvgIpc) is 3.24. The van der Waals surface area contributed by atoms with E-state index in [4.69, 9.17) is 34.8 Å². The van der Waals surface area contributed by atoms with Crippen molar-refractivity contribution in [2.45, 2.75) is 36.2 Å². The van der Waals surface area contributed by atoms with Crippen LogP contribution in [-0.4, -0.2) is 31.4 Å². The highest BCUT2D eigenvalue weighted by molar-refractivity contribution is 8.00. The summed E-state index contributed by atoms with van der Waals surface area (Å²) in [7, 11) is 0. The first-order chi connectivity index (χ1) is 11.0. The summed E-state index contributed by atoms with van der Waals surface area (Å²) in [5.74, 6) is -0.222. The number of carbonyl (C=O) groups is 1. The molecule has 1 aliphatic carbocycles. The molecule has 10 heteroatoms. The molecule has 0 spiro atoms. The zero-order valence-electron chi connectivity index (χ0n) is 12.0. The monoisotopic (exact) mass is 391 g/mol. The Labute approximate surface area is 151 Å². The number of halogens is 3. The largest absolute Gasteiger partial charge is 0.324 e. The van der Waals surface area contributed by atoms with Gasteiger partial charge in [0.25, 0.3) is 0 Å². The maximum atomic E-state index is 12.3. The number of carbonyl (C=O) groups excluding carboxylic acids is 1. The van der Waals surface area contributed by atoms with Crippen molar-refractivity contribution >= 4 is 58.2 Å². The third kappa shape index (κ3) is 3.91. The molecule has 1 unspecified atom stereocenters. The predicted octanol–water partition coefficient (Wildman–Crippen LogP) is 4.09. The molecule has 1 amide bonds. The van der Waals surface area contributed by atoms with Gasteiger partial charge in [0.2, 0.25) is 11.1 Å². The van der Waals surface area contributed by atoms with E-state index in [1.54, 1.807) is 11.6 Å². The minimum Gasteiger partial charge on any atom is -0.324 e. The molecule has 2 aromatic rings. The van der Waals surface area contributed by atoms with Crippen LogP contribution in [0.1, 0.15) is 25.8 Å². The van der Waals surface area contributed by atoms with E-state index in [0.29, 0.717) is 32.0 Å². The van der Waals surface area contributed by atoms with Gasteiger partial charge in [0.05, 0.1) is 32.0 Å². The minimum absolute atomic E-state index is 0.222. The van der Waals surface area contributed by atoms with Crippen molar-refractivity contribution in [3.63, 3.8) is 0 Å². The third-order valence-corrected chi connectivity index (χ3v) is 5.36. The summed E-state index contributed by atoms with van der Waals surface area (Å²) >= 11 is 19.2. The average molecular weight is 393 g/mol. The lowest BCUT2D eigenvalue weighted by atomic mass is 10.3. The smallest absolute Gasteiger partial charge is 0.237 e. The maximum Gasteiger partial charge on any atom is 0.237 e. The van der Waals surface area contributed by atoms with E-state index in [0.717, 1.165) is 12.8 Å². The number of amides is 1. The number of benzene rings is 1. The highest BCUT2D eigenvalue weighted by Gasteiger charge is 2.29. The second-order valence-electron chi connectivity index (χ2n) is 5.13. The van der Waals surface area contributed by atoms with Crippen LogP contribution in [0.15, 0.2) is 17.3 Å². The van der Waals surface area contributed by atoms with Gasteiger partial charge in [-0.05, 0) is 42.3 Å². The Kier molecular flexibility index (Phi) is 5.01. The lowest BCUT2D eigenvalue weighted by Crippen LogP contribution is -2.23. The number of nitrogens with zero attached hydrogens (tertiary/aromatic N) is 4. The number of aromatic nitrogens is 4. The van der Waals surface area contributed by atoms with Gasteiger partial charge in [-0.2, -0.15) is 0 Å². The molecule has 1 aromatic heterocycles. The fourth-order valence-electron chi connectivity index (χ4n) is 1.88. The van der Waals surface area contributed by atoms with Crippen LogP contribution >= 0.6 is 46.6 Å². The van der Waals surface area contributed by atoms with Gasteiger partial charge in [-0.3, -0.25) is 4.79 Å². The molecular weight excluding hydrogens is 381 g/mol. The quantitative estimate of drug-likeness (QED) is 0.613. The van der Waals surface area contributed by atoms with E-state index >= 15 is 0 Å². The molecule has 1 aromatic carbocycles. The molecule has 1 atom stereocenters. The minimum atomic E-state index is -0.399. The van der Waals surface area contributed by atoms with Crippen molar-refractivity contribution in [3.8, 4) is 0 Å². The lowest BCUT2D eigenvalue weighted by molar-refractivity contribution is -0.115. The van der Waals surface area contributed by atoms with Crippen molar-refractivity contribution < 1.29 is 4.79 Å². The number of hydrogen-bond acceptors (Lipinski definition) is 5.